The first-order valence-electron chi connectivity index (χ1n) is 6.61. The van der Waals surface area contributed by atoms with Crippen molar-refractivity contribution in [2.75, 3.05) is 7.11 Å². The summed E-state index contributed by atoms with van der Waals surface area (Å²) < 4.78 is 53.1. The van der Waals surface area contributed by atoms with Crippen LogP contribution in [0.25, 0.3) is 0 Å². The van der Waals surface area contributed by atoms with Crippen LogP contribution in [-0.2, 0) is 14.9 Å². The van der Waals surface area contributed by atoms with Crippen molar-refractivity contribution < 1.29 is 26.5 Å². The monoisotopic (exact) mass is 298 g/mol. The molecule has 19 heavy (non-hydrogen) atoms. The number of alkyl halides is 2. The normalized spacial score (nSPS) is 36.8. The molecule has 0 atom stereocenters. The summed E-state index contributed by atoms with van der Waals surface area (Å²) in [5.41, 5.74) is -4.49. The lowest BCUT2D eigenvalue weighted by Crippen LogP contribution is -2.38. The molecule has 0 heterocycles. The highest BCUT2D eigenvalue weighted by Gasteiger charge is 2.44. The first kappa shape index (κ1) is 15.1. The molecule has 0 aromatic carbocycles. The average Bonchev–Trinajstić information content (AvgIpc) is 2.26. The van der Waals surface area contributed by atoms with E-state index in [0.717, 1.165) is 0 Å². The lowest BCUT2D eigenvalue weighted by Gasteiger charge is -2.49. The second kappa shape index (κ2) is 5.26. The van der Waals surface area contributed by atoms with Gasteiger partial charge in [-0.3, -0.25) is 4.55 Å². The van der Waals surface area contributed by atoms with Gasteiger partial charge in [0, 0.05) is 7.11 Å². The van der Waals surface area contributed by atoms with E-state index < -0.39 is 15.6 Å². The molecule has 0 aromatic heterocycles. The minimum absolute atomic E-state index is 0.466. The molecule has 4 fully saturated rings. The predicted octanol–water partition coefficient (Wildman–Crippen LogP) is 2.90. The molecule has 0 saturated heterocycles. The maximum Gasteiger partial charge on any atom is 0.487 e. The molecule has 0 aliphatic heterocycles. The summed E-state index contributed by atoms with van der Waals surface area (Å²) in [6, 6.07) is 0. The van der Waals surface area contributed by atoms with Crippen molar-refractivity contribution in [2.24, 2.45) is 23.7 Å². The number of rotatable bonds is 2. The Morgan fingerprint density at radius 1 is 0.947 bits per heavy atom. The number of halogens is 2. The number of hydrogen-bond acceptors (Lipinski definition) is 3. The summed E-state index contributed by atoms with van der Waals surface area (Å²) in [6.07, 6.45) is 9.62. The Morgan fingerprint density at radius 2 is 1.21 bits per heavy atom. The largest absolute Gasteiger partial charge is 0.487 e. The second-order valence-corrected chi connectivity index (χ2v) is 7.45. The molecular formula is C12H20F2O4S. The highest BCUT2D eigenvalue weighted by Crippen LogP contribution is 2.53. The van der Waals surface area contributed by atoms with Crippen molar-refractivity contribution in [1.82, 2.24) is 0 Å². The van der Waals surface area contributed by atoms with E-state index in [2.05, 4.69) is 4.74 Å². The maximum absolute atomic E-state index is 11.6. The third-order valence-electron chi connectivity index (χ3n) is 4.54. The summed E-state index contributed by atoms with van der Waals surface area (Å²) in [5.74, 6) is 4.71. The van der Waals surface area contributed by atoms with Crippen molar-refractivity contribution in [2.45, 2.75) is 44.0 Å². The first-order valence-corrected chi connectivity index (χ1v) is 8.05. The molecule has 4 saturated carbocycles. The smallest absolute Gasteiger partial charge is 0.309 e. The van der Waals surface area contributed by atoms with Crippen molar-refractivity contribution in [3.63, 3.8) is 0 Å². The minimum atomic E-state index is -5.41. The fraction of sp³-hybridized carbons (Fsp3) is 1.00. The van der Waals surface area contributed by atoms with E-state index in [1.54, 1.807) is 38.5 Å². The van der Waals surface area contributed by atoms with Crippen LogP contribution in [0.15, 0.2) is 0 Å². The first-order chi connectivity index (χ1) is 8.71. The maximum atomic E-state index is 11.6. The molecule has 0 unspecified atom stereocenters. The standard InChI is InChI=1S/C10H16.C2H4F2O4S/c1-7-2-9-4-8(1)5-10(3-7)6-9;1-8-2(3,4)9(5,6)7/h7-10H,1-6H2;1H3,(H,5,6,7). The van der Waals surface area contributed by atoms with Crippen LogP contribution in [0.2, 0.25) is 0 Å². The summed E-state index contributed by atoms with van der Waals surface area (Å²) in [7, 11) is -4.94. The Balaban J connectivity index is 0.000000142. The predicted molar refractivity (Wildman–Crippen MR) is 65.2 cm³/mol. The summed E-state index contributed by atoms with van der Waals surface area (Å²) in [6.45, 7) is 0. The van der Waals surface area contributed by atoms with Crippen LogP contribution in [0, 0.1) is 23.7 Å². The zero-order valence-corrected chi connectivity index (χ0v) is 11.7. The molecule has 4 aliphatic carbocycles. The lowest BCUT2D eigenvalue weighted by molar-refractivity contribution is -0.153. The van der Waals surface area contributed by atoms with Crippen LogP contribution >= 0.6 is 0 Å². The third-order valence-corrected chi connectivity index (χ3v) is 5.31. The summed E-state index contributed by atoms with van der Waals surface area (Å²) >= 11 is 0. The van der Waals surface area contributed by atoms with Gasteiger partial charge in [0.2, 0.25) is 0 Å². The second-order valence-electron chi connectivity index (χ2n) is 6.02. The van der Waals surface area contributed by atoms with Gasteiger partial charge < -0.3 is 4.74 Å². The molecule has 4 rings (SSSR count). The fourth-order valence-electron chi connectivity index (χ4n) is 4.09. The van der Waals surface area contributed by atoms with E-state index in [1.165, 1.54) is 23.7 Å². The molecule has 0 amide bonds. The number of methoxy groups -OCH3 is 1. The zero-order valence-electron chi connectivity index (χ0n) is 10.9. The molecule has 4 aliphatic rings. The Hall–Kier alpha value is -0.270. The van der Waals surface area contributed by atoms with Crippen LogP contribution in [0.1, 0.15) is 38.5 Å². The van der Waals surface area contributed by atoms with Crippen molar-refractivity contribution in [1.29, 1.82) is 0 Å². The van der Waals surface area contributed by atoms with Crippen LogP contribution in [0.5, 0.6) is 0 Å². The van der Waals surface area contributed by atoms with E-state index in [9.17, 15) is 17.2 Å². The van der Waals surface area contributed by atoms with E-state index >= 15 is 0 Å². The molecule has 0 radical (unpaired) electrons. The zero-order chi connectivity index (χ0) is 14.3. The highest BCUT2D eigenvalue weighted by atomic mass is 32.2. The molecule has 112 valence electrons. The van der Waals surface area contributed by atoms with Crippen molar-refractivity contribution in [3.8, 4) is 0 Å². The Kier molecular flexibility index (Phi) is 4.18. The molecule has 4 bridgehead atoms. The number of ether oxygens (including phenoxy) is 1. The summed E-state index contributed by atoms with van der Waals surface area (Å²) in [4.78, 5) is 0. The molecular weight excluding hydrogens is 278 g/mol. The van der Waals surface area contributed by atoms with E-state index in [0.29, 0.717) is 7.11 Å². The Bertz CT molecular complexity index is 365. The van der Waals surface area contributed by atoms with Crippen molar-refractivity contribution in [3.05, 3.63) is 0 Å². The quantitative estimate of drug-likeness (QED) is 0.796. The van der Waals surface area contributed by atoms with Crippen LogP contribution in [-0.4, -0.2) is 25.5 Å². The SMILES string of the molecule is C1C2CC3CC1CC(C2)C3.COC(F)(F)S(=O)(=O)O. The van der Waals surface area contributed by atoms with Gasteiger partial charge in [0.05, 0.1) is 0 Å². The molecule has 1 N–H and O–H groups in total. The molecule has 0 spiro atoms. The van der Waals surface area contributed by atoms with Gasteiger partial charge in [0.25, 0.3) is 0 Å². The third kappa shape index (κ3) is 3.44. The number of hydrogen-bond donors (Lipinski definition) is 1. The van der Waals surface area contributed by atoms with Gasteiger partial charge >= 0.3 is 15.6 Å². The van der Waals surface area contributed by atoms with Crippen molar-refractivity contribution >= 4 is 10.1 Å². The highest BCUT2D eigenvalue weighted by molar-refractivity contribution is 7.86. The van der Waals surface area contributed by atoms with E-state index in [4.69, 9.17) is 4.55 Å². The van der Waals surface area contributed by atoms with Crippen LogP contribution in [0.4, 0.5) is 8.78 Å². The van der Waals surface area contributed by atoms with Gasteiger partial charge in [-0.1, -0.05) is 0 Å². The molecule has 0 aromatic rings. The average molecular weight is 298 g/mol. The van der Waals surface area contributed by atoms with Gasteiger partial charge in [-0.25, -0.2) is 0 Å². The Labute approximate surface area is 112 Å². The van der Waals surface area contributed by atoms with Gasteiger partial charge in [-0.05, 0) is 62.2 Å². The Morgan fingerprint density at radius 3 is 1.32 bits per heavy atom. The van der Waals surface area contributed by atoms with Gasteiger partial charge in [-0.15, -0.1) is 0 Å². The lowest BCUT2D eigenvalue weighted by atomic mass is 9.56. The van der Waals surface area contributed by atoms with Crippen LogP contribution < -0.4 is 0 Å². The van der Waals surface area contributed by atoms with E-state index in [-0.39, 0.29) is 0 Å². The molecule has 4 nitrogen and oxygen atoms in total. The van der Waals surface area contributed by atoms with Crippen LogP contribution in [0.3, 0.4) is 0 Å². The van der Waals surface area contributed by atoms with Gasteiger partial charge in [0.15, 0.2) is 0 Å². The van der Waals surface area contributed by atoms with Gasteiger partial charge in [-0.2, -0.15) is 17.2 Å². The summed E-state index contributed by atoms with van der Waals surface area (Å²) in [5, 5.41) is 0. The fourth-order valence-corrected chi connectivity index (χ4v) is 4.30. The van der Waals surface area contributed by atoms with Gasteiger partial charge in [0.1, 0.15) is 0 Å². The topological polar surface area (TPSA) is 63.6 Å². The van der Waals surface area contributed by atoms with E-state index in [1.807, 2.05) is 0 Å². The molecule has 7 heteroatoms. The minimum Gasteiger partial charge on any atom is -0.309 e.